The van der Waals surface area contributed by atoms with Crippen molar-refractivity contribution in [3.63, 3.8) is 0 Å². The Morgan fingerprint density at radius 2 is 2.00 bits per heavy atom. The molecule has 0 aliphatic carbocycles. The normalized spacial score (nSPS) is 16.9. The molecule has 0 saturated heterocycles. The molecular weight excluding hydrogens is 320 g/mol. The fourth-order valence-corrected chi connectivity index (χ4v) is 2.92. The van der Waals surface area contributed by atoms with Crippen LogP contribution in [0.4, 0.5) is 5.69 Å². The molecule has 4 rings (SSSR count). The van der Waals surface area contributed by atoms with E-state index in [-0.39, 0.29) is 18.2 Å². The van der Waals surface area contributed by atoms with Crippen LogP contribution in [0.5, 0.6) is 5.75 Å². The van der Waals surface area contributed by atoms with Gasteiger partial charge in [0.2, 0.25) is 0 Å². The van der Waals surface area contributed by atoms with Crippen LogP contribution in [-0.2, 0) is 4.79 Å². The molecule has 0 fully saturated rings. The average Bonchev–Trinajstić information content (AvgIpc) is 3.03. The maximum Gasteiger partial charge on any atom is 0.273 e. The first-order valence-corrected chi connectivity index (χ1v) is 7.88. The fraction of sp³-hybridized carbons (Fsp3) is 0.167. The van der Waals surface area contributed by atoms with Gasteiger partial charge in [-0.15, -0.1) is 0 Å². The number of hydrogen-bond acceptors (Lipinski definition) is 4. The Labute approximate surface area is 143 Å². The van der Waals surface area contributed by atoms with Crippen LogP contribution in [0, 0.1) is 0 Å². The van der Waals surface area contributed by atoms with E-state index in [2.05, 4.69) is 15.5 Å². The SMILES string of the molecule is CN1C(=O)C(NC(=O)c2n[nH]c3ccccc23)COc2ccccc21. The summed E-state index contributed by atoms with van der Waals surface area (Å²) < 4.78 is 5.70. The van der Waals surface area contributed by atoms with Crippen molar-refractivity contribution in [2.24, 2.45) is 0 Å². The number of anilines is 1. The molecule has 1 aliphatic heterocycles. The smallest absolute Gasteiger partial charge is 0.273 e. The number of aromatic nitrogens is 2. The summed E-state index contributed by atoms with van der Waals surface area (Å²) in [5, 5.41) is 10.3. The van der Waals surface area contributed by atoms with Crippen molar-refractivity contribution < 1.29 is 14.3 Å². The van der Waals surface area contributed by atoms with Gasteiger partial charge in [-0.05, 0) is 18.2 Å². The molecule has 7 heteroatoms. The maximum atomic E-state index is 12.7. The van der Waals surface area contributed by atoms with Gasteiger partial charge in [-0.1, -0.05) is 30.3 Å². The summed E-state index contributed by atoms with van der Waals surface area (Å²) in [7, 11) is 1.67. The Balaban J connectivity index is 1.59. The summed E-state index contributed by atoms with van der Waals surface area (Å²) in [6, 6.07) is 13.8. The standard InChI is InChI=1S/C18H16N4O3/c1-22-14-8-4-5-9-15(14)25-10-13(18(22)24)19-17(23)16-11-6-2-3-7-12(11)20-21-16/h2-9,13H,10H2,1H3,(H,19,23)(H,20,21). The highest BCUT2D eigenvalue weighted by atomic mass is 16.5. The molecule has 1 atom stereocenters. The number of ether oxygens (including phenoxy) is 1. The monoisotopic (exact) mass is 336 g/mol. The third kappa shape index (κ3) is 2.59. The molecule has 3 aromatic rings. The van der Waals surface area contributed by atoms with E-state index in [9.17, 15) is 9.59 Å². The number of carbonyl (C=O) groups excluding carboxylic acids is 2. The molecule has 2 aromatic carbocycles. The van der Waals surface area contributed by atoms with Crippen LogP contribution in [0.15, 0.2) is 48.5 Å². The average molecular weight is 336 g/mol. The molecule has 0 saturated carbocycles. The van der Waals surface area contributed by atoms with E-state index in [0.29, 0.717) is 16.8 Å². The van der Waals surface area contributed by atoms with Crippen LogP contribution in [-0.4, -0.2) is 41.7 Å². The number of para-hydroxylation sites is 3. The van der Waals surface area contributed by atoms with Crippen molar-refractivity contribution in [2.45, 2.75) is 6.04 Å². The number of nitrogens with one attached hydrogen (secondary N) is 2. The van der Waals surface area contributed by atoms with Crippen LogP contribution in [0.3, 0.4) is 0 Å². The number of rotatable bonds is 2. The topological polar surface area (TPSA) is 87.3 Å². The first kappa shape index (κ1) is 15.2. The van der Waals surface area contributed by atoms with E-state index >= 15 is 0 Å². The maximum absolute atomic E-state index is 12.7. The lowest BCUT2D eigenvalue weighted by molar-refractivity contribution is -0.120. The van der Waals surface area contributed by atoms with Gasteiger partial charge < -0.3 is 15.0 Å². The Hall–Kier alpha value is -3.35. The quantitative estimate of drug-likeness (QED) is 0.746. The summed E-state index contributed by atoms with van der Waals surface area (Å²) in [6.45, 7) is 0.0638. The Morgan fingerprint density at radius 3 is 2.88 bits per heavy atom. The highest BCUT2D eigenvalue weighted by Gasteiger charge is 2.31. The molecule has 25 heavy (non-hydrogen) atoms. The van der Waals surface area contributed by atoms with Gasteiger partial charge in [-0.25, -0.2) is 0 Å². The van der Waals surface area contributed by atoms with Gasteiger partial charge in [0, 0.05) is 12.4 Å². The first-order chi connectivity index (χ1) is 12.1. The summed E-state index contributed by atoms with van der Waals surface area (Å²) in [6.07, 6.45) is 0. The second-order valence-corrected chi connectivity index (χ2v) is 5.82. The number of aromatic amines is 1. The zero-order chi connectivity index (χ0) is 17.4. The van der Waals surface area contributed by atoms with Gasteiger partial charge in [0.05, 0.1) is 11.2 Å². The number of carbonyl (C=O) groups is 2. The van der Waals surface area contributed by atoms with E-state index in [4.69, 9.17) is 4.74 Å². The van der Waals surface area contributed by atoms with Gasteiger partial charge in [0.15, 0.2) is 5.69 Å². The van der Waals surface area contributed by atoms with Crippen LogP contribution >= 0.6 is 0 Å². The molecule has 7 nitrogen and oxygen atoms in total. The van der Waals surface area contributed by atoms with Gasteiger partial charge in [-0.3, -0.25) is 14.7 Å². The van der Waals surface area contributed by atoms with Crippen LogP contribution < -0.4 is 15.0 Å². The summed E-state index contributed by atoms with van der Waals surface area (Å²) in [4.78, 5) is 26.8. The Morgan fingerprint density at radius 1 is 1.24 bits per heavy atom. The predicted molar refractivity (Wildman–Crippen MR) is 92.7 cm³/mol. The number of nitrogens with zero attached hydrogens (tertiary/aromatic N) is 2. The molecule has 126 valence electrons. The van der Waals surface area contributed by atoms with Gasteiger partial charge in [-0.2, -0.15) is 5.10 Å². The highest BCUT2D eigenvalue weighted by Crippen LogP contribution is 2.29. The molecule has 2 N–H and O–H groups in total. The fourth-order valence-electron chi connectivity index (χ4n) is 2.92. The largest absolute Gasteiger partial charge is 0.489 e. The van der Waals surface area contributed by atoms with Crippen LogP contribution in [0.1, 0.15) is 10.5 Å². The number of benzene rings is 2. The van der Waals surface area contributed by atoms with Crippen LogP contribution in [0.25, 0.3) is 10.9 Å². The van der Waals surface area contributed by atoms with Crippen molar-refractivity contribution in [2.75, 3.05) is 18.6 Å². The molecule has 2 amide bonds. The molecule has 1 aromatic heterocycles. The molecule has 2 heterocycles. The lowest BCUT2D eigenvalue weighted by Crippen LogP contribution is -2.49. The van der Waals surface area contributed by atoms with E-state index < -0.39 is 11.9 Å². The number of amides is 2. The predicted octanol–water partition coefficient (Wildman–Crippen LogP) is 1.72. The van der Waals surface area contributed by atoms with Gasteiger partial charge >= 0.3 is 0 Å². The third-order valence-corrected chi connectivity index (χ3v) is 4.25. The minimum absolute atomic E-state index is 0.0638. The highest BCUT2D eigenvalue weighted by molar-refractivity contribution is 6.07. The Kier molecular flexibility index (Phi) is 3.61. The number of fused-ring (bicyclic) bond motifs is 2. The first-order valence-electron chi connectivity index (χ1n) is 7.88. The van der Waals surface area contributed by atoms with E-state index in [1.165, 1.54) is 4.90 Å². The number of hydrogen-bond donors (Lipinski definition) is 2. The van der Waals surface area contributed by atoms with Crippen molar-refractivity contribution in [3.8, 4) is 5.75 Å². The second kappa shape index (κ2) is 5.94. The summed E-state index contributed by atoms with van der Waals surface area (Å²) in [5.41, 5.74) is 1.70. The van der Waals surface area contributed by atoms with Gasteiger partial charge in [0.1, 0.15) is 18.4 Å². The molecule has 1 unspecified atom stereocenters. The zero-order valence-electron chi connectivity index (χ0n) is 13.5. The van der Waals surface area contributed by atoms with Crippen molar-refractivity contribution in [3.05, 3.63) is 54.2 Å². The molecule has 0 spiro atoms. The van der Waals surface area contributed by atoms with E-state index in [1.54, 1.807) is 25.2 Å². The lowest BCUT2D eigenvalue weighted by Gasteiger charge is -2.20. The minimum Gasteiger partial charge on any atom is -0.489 e. The lowest BCUT2D eigenvalue weighted by atomic mass is 10.2. The number of likely N-dealkylation sites (N-methyl/N-ethyl adjacent to an activating group) is 1. The molecule has 0 radical (unpaired) electrons. The second-order valence-electron chi connectivity index (χ2n) is 5.82. The zero-order valence-corrected chi connectivity index (χ0v) is 13.5. The molecule has 0 bridgehead atoms. The summed E-state index contributed by atoms with van der Waals surface area (Å²) >= 11 is 0. The minimum atomic E-state index is -0.791. The number of H-pyrrole nitrogens is 1. The third-order valence-electron chi connectivity index (χ3n) is 4.25. The van der Waals surface area contributed by atoms with Crippen molar-refractivity contribution >= 4 is 28.4 Å². The van der Waals surface area contributed by atoms with E-state index in [0.717, 1.165) is 5.52 Å². The van der Waals surface area contributed by atoms with E-state index in [1.807, 2.05) is 30.3 Å². The molecule has 1 aliphatic rings. The molecular formula is C18H16N4O3. The van der Waals surface area contributed by atoms with Crippen molar-refractivity contribution in [1.82, 2.24) is 15.5 Å². The van der Waals surface area contributed by atoms with Crippen LogP contribution in [0.2, 0.25) is 0 Å². The van der Waals surface area contributed by atoms with Gasteiger partial charge in [0.25, 0.3) is 11.8 Å². The Bertz CT molecular complexity index is 966. The summed E-state index contributed by atoms with van der Waals surface area (Å²) in [5.74, 6) is -0.0442. The van der Waals surface area contributed by atoms with Crippen molar-refractivity contribution in [1.29, 1.82) is 0 Å².